The molecular weight excluding hydrogens is 234 g/mol. The lowest BCUT2D eigenvalue weighted by Gasteiger charge is -2.38. The zero-order chi connectivity index (χ0) is 12.6. The SMILES string of the molecule is COC(=O)C1(c2sc(C(C)C)nc2C)CCC1. The van der Waals surface area contributed by atoms with Crippen molar-refractivity contribution in [2.24, 2.45) is 0 Å². The van der Waals surface area contributed by atoms with Crippen molar-refractivity contribution in [3.63, 3.8) is 0 Å². The second-order valence-electron chi connectivity index (χ2n) is 5.05. The van der Waals surface area contributed by atoms with E-state index in [2.05, 4.69) is 18.8 Å². The fourth-order valence-electron chi connectivity index (χ4n) is 2.36. The monoisotopic (exact) mass is 253 g/mol. The Labute approximate surface area is 106 Å². The Morgan fingerprint density at radius 2 is 2.12 bits per heavy atom. The molecule has 0 radical (unpaired) electrons. The first-order chi connectivity index (χ1) is 8.01. The lowest BCUT2D eigenvalue weighted by Crippen LogP contribution is -2.43. The van der Waals surface area contributed by atoms with Gasteiger partial charge in [0.25, 0.3) is 0 Å². The van der Waals surface area contributed by atoms with Crippen LogP contribution in [0.5, 0.6) is 0 Å². The van der Waals surface area contributed by atoms with Gasteiger partial charge in [0.2, 0.25) is 0 Å². The molecule has 4 heteroatoms. The molecule has 1 heterocycles. The van der Waals surface area contributed by atoms with Crippen molar-refractivity contribution < 1.29 is 9.53 Å². The van der Waals surface area contributed by atoms with Gasteiger partial charge in [-0.25, -0.2) is 4.98 Å². The quantitative estimate of drug-likeness (QED) is 0.777. The molecule has 0 atom stereocenters. The number of ether oxygens (including phenoxy) is 1. The zero-order valence-electron chi connectivity index (χ0n) is 10.9. The Bertz CT molecular complexity index is 433. The highest BCUT2D eigenvalue weighted by molar-refractivity contribution is 7.12. The number of thiazole rings is 1. The number of nitrogens with zero attached hydrogens (tertiary/aromatic N) is 1. The van der Waals surface area contributed by atoms with E-state index in [1.165, 1.54) is 7.11 Å². The molecule has 1 fully saturated rings. The third-order valence-electron chi connectivity index (χ3n) is 3.52. The van der Waals surface area contributed by atoms with E-state index in [0.717, 1.165) is 34.8 Å². The number of aromatic nitrogens is 1. The first-order valence-corrected chi connectivity index (χ1v) is 6.89. The van der Waals surface area contributed by atoms with Crippen LogP contribution in [-0.2, 0) is 14.9 Å². The van der Waals surface area contributed by atoms with Gasteiger partial charge in [0.15, 0.2) is 0 Å². The molecule has 0 amide bonds. The van der Waals surface area contributed by atoms with E-state index >= 15 is 0 Å². The molecule has 1 saturated carbocycles. The molecule has 0 unspecified atom stereocenters. The summed E-state index contributed by atoms with van der Waals surface area (Å²) in [6.07, 6.45) is 2.91. The van der Waals surface area contributed by atoms with Crippen LogP contribution in [0.15, 0.2) is 0 Å². The molecule has 1 aromatic rings. The Balaban J connectivity index is 2.41. The molecule has 17 heavy (non-hydrogen) atoms. The second-order valence-corrected chi connectivity index (χ2v) is 6.08. The lowest BCUT2D eigenvalue weighted by molar-refractivity contribution is -0.151. The molecule has 0 aromatic carbocycles. The van der Waals surface area contributed by atoms with Crippen molar-refractivity contribution in [1.29, 1.82) is 0 Å². The van der Waals surface area contributed by atoms with Gasteiger partial charge >= 0.3 is 5.97 Å². The summed E-state index contributed by atoms with van der Waals surface area (Å²) in [5.74, 6) is 0.327. The first kappa shape index (κ1) is 12.6. The standard InChI is InChI=1S/C13H19NO2S/c1-8(2)11-14-9(3)10(17-11)13(6-5-7-13)12(15)16-4/h8H,5-7H2,1-4H3. The number of esters is 1. The van der Waals surface area contributed by atoms with Gasteiger partial charge in [0.1, 0.15) is 5.41 Å². The van der Waals surface area contributed by atoms with E-state index in [1.807, 2.05) is 6.92 Å². The predicted molar refractivity (Wildman–Crippen MR) is 68.5 cm³/mol. The lowest BCUT2D eigenvalue weighted by atomic mass is 9.67. The highest BCUT2D eigenvalue weighted by Crippen LogP contribution is 2.48. The number of carbonyl (C=O) groups is 1. The van der Waals surface area contributed by atoms with Crippen LogP contribution in [0.4, 0.5) is 0 Å². The number of rotatable bonds is 3. The minimum Gasteiger partial charge on any atom is -0.468 e. The average molecular weight is 253 g/mol. The van der Waals surface area contributed by atoms with Gasteiger partial charge in [-0.2, -0.15) is 0 Å². The summed E-state index contributed by atoms with van der Waals surface area (Å²) < 4.78 is 4.98. The minimum atomic E-state index is -0.385. The van der Waals surface area contributed by atoms with Gasteiger partial charge in [-0.3, -0.25) is 4.79 Å². The normalized spacial score (nSPS) is 17.9. The zero-order valence-corrected chi connectivity index (χ0v) is 11.7. The molecular formula is C13H19NO2S. The average Bonchev–Trinajstić information content (AvgIpc) is 2.60. The highest BCUT2D eigenvalue weighted by atomic mass is 32.1. The number of hydrogen-bond donors (Lipinski definition) is 0. The number of methoxy groups -OCH3 is 1. The summed E-state index contributed by atoms with van der Waals surface area (Å²) in [5.41, 5.74) is 0.618. The molecule has 2 rings (SSSR count). The summed E-state index contributed by atoms with van der Waals surface area (Å²) in [6.45, 7) is 6.27. The Morgan fingerprint density at radius 1 is 1.47 bits per heavy atom. The summed E-state index contributed by atoms with van der Waals surface area (Å²) in [5, 5.41) is 1.12. The number of carbonyl (C=O) groups excluding carboxylic acids is 1. The van der Waals surface area contributed by atoms with Crippen molar-refractivity contribution >= 4 is 17.3 Å². The van der Waals surface area contributed by atoms with Crippen LogP contribution >= 0.6 is 11.3 Å². The smallest absolute Gasteiger partial charge is 0.317 e. The van der Waals surface area contributed by atoms with Gasteiger partial charge in [0, 0.05) is 10.8 Å². The van der Waals surface area contributed by atoms with E-state index in [9.17, 15) is 4.79 Å². The second kappa shape index (κ2) is 4.41. The largest absolute Gasteiger partial charge is 0.468 e. The van der Waals surface area contributed by atoms with Gasteiger partial charge < -0.3 is 4.74 Å². The summed E-state index contributed by atoms with van der Waals surface area (Å²) in [7, 11) is 1.47. The van der Waals surface area contributed by atoms with Crippen LogP contribution in [0.25, 0.3) is 0 Å². The summed E-state index contributed by atoms with van der Waals surface area (Å²) in [6, 6.07) is 0. The molecule has 1 aromatic heterocycles. The van der Waals surface area contributed by atoms with Gasteiger partial charge in [-0.1, -0.05) is 20.3 Å². The molecule has 94 valence electrons. The van der Waals surface area contributed by atoms with Gasteiger partial charge in [-0.15, -0.1) is 11.3 Å². The number of hydrogen-bond acceptors (Lipinski definition) is 4. The molecule has 1 aliphatic carbocycles. The first-order valence-electron chi connectivity index (χ1n) is 6.07. The highest BCUT2D eigenvalue weighted by Gasteiger charge is 2.49. The molecule has 0 bridgehead atoms. The molecule has 0 saturated heterocycles. The van der Waals surface area contributed by atoms with E-state index < -0.39 is 0 Å². The number of aryl methyl sites for hydroxylation is 1. The van der Waals surface area contributed by atoms with Crippen molar-refractivity contribution in [1.82, 2.24) is 4.98 Å². The van der Waals surface area contributed by atoms with Crippen molar-refractivity contribution in [2.45, 2.75) is 51.4 Å². The molecule has 0 spiro atoms. The maximum absolute atomic E-state index is 12.0. The molecule has 0 aliphatic heterocycles. The Kier molecular flexibility index (Phi) is 3.25. The summed E-state index contributed by atoms with van der Waals surface area (Å²) in [4.78, 5) is 17.7. The topological polar surface area (TPSA) is 39.2 Å². The predicted octanol–water partition coefficient (Wildman–Crippen LogP) is 3.17. The van der Waals surface area contributed by atoms with E-state index in [1.54, 1.807) is 11.3 Å². The fraction of sp³-hybridized carbons (Fsp3) is 0.692. The third kappa shape index (κ3) is 1.88. The Hall–Kier alpha value is -0.900. The van der Waals surface area contributed by atoms with Crippen LogP contribution in [0, 0.1) is 6.92 Å². The van der Waals surface area contributed by atoms with Crippen LogP contribution in [0.1, 0.15) is 54.6 Å². The van der Waals surface area contributed by atoms with Crippen LogP contribution in [-0.4, -0.2) is 18.1 Å². The fourth-order valence-corrected chi connectivity index (χ4v) is 3.66. The summed E-state index contributed by atoms with van der Waals surface area (Å²) >= 11 is 1.68. The molecule has 0 N–H and O–H groups in total. The molecule has 3 nitrogen and oxygen atoms in total. The van der Waals surface area contributed by atoms with Crippen molar-refractivity contribution in [2.75, 3.05) is 7.11 Å². The van der Waals surface area contributed by atoms with Crippen molar-refractivity contribution in [3.05, 3.63) is 15.6 Å². The Morgan fingerprint density at radius 3 is 2.47 bits per heavy atom. The van der Waals surface area contributed by atoms with Crippen LogP contribution < -0.4 is 0 Å². The van der Waals surface area contributed by atoms with Crippen molar-refractivity contribution in [3.8, 4) is 0 Å². The molecule has 1 aliphatic rings. The van der Waals surface area contributed by atoms with Crippen LogP contribution in [0.2, 0.25) is 0 Å². The maximum Gasteiger partial charge on any atom is 0.317 e. The minimum absolute atomic E-state index is 0.0918. The van der Waals surface area contributed by atoms with E-state index in [4.69, 9.17) is 4.74 Å². The van der Waals surface area contributed by atoms with E-state index in [-0.39, 0.29) is 11.4 Å². The van der Waals surface area contributed by atoms with Gasteiger partial charge in [0.05, 0.1) is 17.8 Å². The maximum atomic E-state index is 12.0. The van der Waals surface area contributed by atoms with Gasteiger partial charge in [-0.05, 0) is 19.8 Å². The van der Waals surface area contributed by atoms with E-state index in [0.29, 0.717) is 5.92 Å². The van der Waals surface area contributed by atoms with Crippen LogP contribution in [0.3, 0.4) is 0 Å². The third-order valence-corrected chi connectivity index (χ3v) is 5.19.